The lowest BCUT2D eigenvalue weighted by atomic mass is 10.1. The normalized spacial score (nSPS) is 10.2. The van der Waals surface area contributed by atoms with Crippen molar-refractivity contribution in [1.29, 1.82) is 0 Å². The summed E-state index contributed by atoms with van der Waals surface area (Å²) in [5.41, 5.74) is 2.05. The van der Waals surface area contributed by atoms with Gasteiger partial charge in [0.1, 0.15) is 11.6 Å². The molecule has 0 aliphatic carbocycles. The Hall–Kier alpha value is -2.43. The van der Waals surface area contributed by atoms with Crippen LogP contribution in [0, 0.1) is 5.82 Å². The van der Waals surface area contributed by atoms with E-state index in [1.54, 1.807) is 0 Å². The fourth-order valence-corrected chi connectivity index (χ4v) is 1.94. The monoisotopic (exact) mass is 287 g/mol. The highest BCUT2D eigenvalue weighted by Crippen LogP contribution is 2.17. The van der Waals surface area contributed by atoms with Crippen LogP contribution in [-0.2, 0) is 6.42 Å². The Balaban J connectivity index is 2.20. The Morgan fingerprint density at radius 1 is 1.24 bits per heavy atom. The van der Waals surface area contributed by atoms with Crippen molar-refractivity contribution in [3.63, 3.8) is 0 Å². The Labute approximate surface area is 123 Å². The van der Waals surface area contributed by atoms with E-state index in [1.807, 2.05) is 31.2 Å². The highest BCUT2D eigenvalue weighted by molar-refractivity contribution is 6.07. The number of anilines is 2. The molecule has 0 aliphatic rings. The number of halogens is 1. The van der Waals surface area contributed by atoms with E-state index in [9.17, 15) is 9.18 Å². The van der Waals surface area contributed by atoms with Crippen molar-refractivity contribution in [2.24, 2.45) is 0 Å². The van der Waals surface area contributed by atoms with Crippen molar-refractivity contribution in [3.05, 3.63) is 53.5 Å². The van der Waals surface area contributed by atoms with Gasteiger partial charge in [0.15, 0.2) is 0 Å². The van der Waals surface area contributed by atoms with E-state index in [2.05, 4.69) is 22.5 Å². The van der Waals surface area contributed by atoms with Gasteiger partial charge >= 0.3 is 0 Å². The molecule has 1 aromatic heterocycles. The van der Waals surface area contributed by atoms with Gasteiger partial charge in [0, 0.05) is 12.2 Å². The lowest BCUT2D eigenvalue weighted by Crippen LogP contribution is -2.16. The summed E-state index contributed by atoms with van der Waals surface area (Å²) < 4.78 is 13.3. The highest BCUT2D eigenvalue weighted by Gasteiger charge is 2.14. The zero-order valence-corrected chi connectivity index (χ0v) is 12.1. The third-order valence-corrected chi connectivity index (χ3v) is 3.06. The second-order valence-electron chi connectivity index (χ2n) is 4.58. The van der Waals surface area contributed by atoms with Crippen LogP contribution in [0.4, 0.5) is 15.9 Å². The smallest absolute Gasteiger partial charge is 0.259 e. The third kappa shape index (κ3) is 3.78. The number of aryl methyl sites for hydroxylation is 1. The molecule has 0 bridgehead atoms. The number of carbonyl (C=O) groups excluding carboxylic acids is 1. The van der Waals surface area contributed by atoms with Crippen molar-refractivity contribution in [2.45, 2.75) is 20.3 Å². The molecule has 110 valence electrons. The van der Waals surface area contributed by atoms with Crippen LogP contribution < -0.4 is 10.6 Å². The largest absolute Gasteiger partial charge is 0.370 e. The van der Waals surface area contributed by atoms with Crippen LogP contribution in [0.2, 0.25) is 0 Å². The summed E-state index contributed by atoms with van der Waals surface area (Å²) in [5, 5.41) is 5.70. The standard InChI is InChI=1S/C16H18FN3O/c1-3-11-5-7-13(8-6-11)20-16(21)14-9-12(17)10-19-15(14)18-4-2/h5-10H,3-4H2,1-2H3,(H,18,19)(H,20,21). The topological polar surface area (TPSA) is 54.0 Å². The van der Waals surface area contributed by atoms with Crippen LogP contribution in [-0.4, -0.2) is 17.4 Å². The molecule has 1 heterocycles. The summed E-state index contributed by atoms with van der Waals surface area (Å²) in [5.74, 6) is -0.549. The van der Waals surface area contributed by atoms with Crippen molar-refractivity contribution < 1.29 is 9.18 Å². The fraction of sp³-hybridized carbons (Fsp3) is 0.250. The van der Waals surface area contributed by atoms with Crippen LogP contribution in [0.1, 0.15) is 29.8 Å². The van der Waals surface area contributed by atoms with Gasteiger partial charge in [-0.1, -0.05) is 19.1 Å². The molecule has 0 saturated carbocycles. The Morgan fingerprint density at radius 2 is 1.95 bits per heavy atom. The third-order valence-electron chi connectivity index (χ3n) is 3.06. The number of hydrogen-bond donors (Lipinski definition) is 2. The molecule has 1 aromatic carbocycles. The van der Waals surface area contributed by atoms with Gasteiger partial charge in [-0.25, -0.2) is 9.37 Å². The second kappa shape index (κ2) is 6.83. The van der Waals surface area contributed by atoms with Gasteiger partial charge in [-0.3, -0.25) is 4.79 Å². The number of aromatic nitrogens is 1. The Bertz CT molecular complexity index is 626. The molecule has 21 heavy (non-hydrogen) atoms. The van der Waals surface area contributed by atoms with E-state index < -0.39 is 5.82 Å². The van der Waals surface area contributed by atoms with Gasteiger partial charge in [-0.2, -0.15) is 0 Å². The van der Waals surface area contributed by atoms with E-state index in [4.69, 9.17) is 0 Å². The first-order valence-electron chi connectivity index (χ1n) is 6.93. The van der Waals surface area contributed by atoms with Crippen LogP contribution in [0.15, 0.2) is 36.5 Å². The lowest BCUT2D eigenvalue weighted by molar-refractivity contribution is 0.102. The van der Waals surface area contributed by atoms with E-state index >= 15 is 0 Å². The maximum Gasteiger partial charge on any atom is 0.259 e. The van der Waals surface area contributed by atoms with Gasteiger partial charge in [0.25, 0.3) is 5.91 Å². The van der Waals surface area contributed by atoms with Crippen molar-refractivity contribution in [1.82, 2.24) is 4.98 Å². The Kier molecular flexibility index (Phi) is 4.87. The molecule has 4 nitrogen and oxygen atoms in total. The van der Waals surface area contributed by atoms with Gasteiger partial charge in [-0.15, -0.1) is 0 Å². The lowest BCUT2D eigenvalue weighted by Gasteiger charge is -2.10. The van der Waals surface area contributed by atoms with E-state index in [0.717, 1.165) is 12.6 Å². The predicted octanol–water partition coefficient (Wildman–Crippen LogP) is 3.47. The van der Waals surface area contributed by atoms with Gasteiger partial charge in [-0.05, 0) is 37.1 Å². The first-order chi connectivity index (χ1) is 10.1. The summed E-state index contributed by atoms with van der Waals surface area (Å²) in [4.78, 5) is 16.2. The SMILES string of the molecule is CCNc1ncc(F)cc1C(=O)Nc1ccc(CC)cc1. The van der Waals surface area contributed by atoms with Crippen LogP contribution >= 0.6 is 0 Å². The molecule has 1 amide bonds. The van der Waals surface area contributed by atoms with Crippen molar-refractivity contribution in [2.75, 3.05) is 17.2 Å². The summed E-state index contributed by atoms with van der Waals surface area (Å²) in [6.45, 7) is 4.55. The molecule has 5 heteroatoms. The number of hydrogen-bond acceptors (Lipinski definition) is 3. The zero-order valence-electron chi connectivity index (χ0n) is 12.1. The van der Waals surface area contributed by atoms with E-state index in [1.165, 1.54) is 11.6 Å². The number of pyridine rings is 1. The molecule has 0 atom stereocenters. The first-order valence-corrected chi connectivity index (χ1v) is 6.93. The molecule has 0 radical (unpaired) electrons. The zero-order chi connectivity index (χ0) is 15.2. The van der Waals surface area contributed by atoms with Gasteiger partial charge < -0.3 is 10.6 Å². The average Bonchev–Trinajstić information content (AvgIpc) is 2.50. The van der Waals surface area contributed by atoms with E-state index in [0.29, 0.717) is 18.1 Å². The molecule has 2 aromatic rings. The number of rotatable bonds is 5. The number of benzene rings is 1. The Morgan fingerprint density at radius 3 is 2.57 bits per heavy atom. The number of amides is 1. The molecule has 0 unspecified atom stereocenters. The minimum atomic E-state index is -0.539. The molecule has 2 rings (SSSR count). The molecule has 2 N–H and O–H groups in total. The highest BCUT2D eigenvalue weighted by atomic mass is 19.1. The number of nitrogens with one attached hydrogen (secondary N) is 2. The number of carbonyl (C=O) groups is 1. The van der Waals surface area contributed by atoms with Gasteiger partial charge in [0.2, 0.25) is 0 Å². The predicted molar refractivity (Wildman–Crippen MR) is 82.1 cm³/mol. The van der Waals surface area contributed by atoms with Crippen LogP contribution in [0.5, 0.6) is 0 Å². The second-order valence-corrected chi connectivity index (χ2v) is 4.58. The van der Waals surface area contributed by atoms with Crippen molar-refractivity contribution >= 4 is 17.4 Å². The minimum absolute atomic E-state index is 0.191. The maximum absolute atomic E-state index is 13.3. The number of nitrogens with zero attached hydrogens (tertiary/aromatic N) is 1. The van der Waals surface area contributed by atoms with E-state index in [-0.39, 0.29) is 11.5 Å². The summed E-state index contributed by atoms with van der Waals surface area (Å²) >= 11 is 0. The molecular weight excluding hydrogens is 269 g/mol. The van der Waals surface area contributed by atoms with Gasteiger partial charge in [0.05, 0.1) is 11.8 Å². The van der Waals surface area contributed by atoms with Crippen molar-refractivity contribution in [3.8, 4) is 0 Å². The van der Waals surface area contributed by atoms with Crippen LogP contribution in [0.3, 0.4) is 0 Å². The first kappa shape index (κ1) is 15.0. The minimum Gasteiger partial charge on any atom is -0.370 e. The summed E-state index contributed by atoms with van der Waals surface area (Å²) in [6, 6.07) is 8.74. The summed E-state index contributed by atoms with van der Waals surface area (Å²) in [7, 11) is 0. The van der Waals surface area contributed by atoms with Crippen LogP contribution in [0.25, 0.3) is 0 Å². The molecule has 0 spiro atoms. The molecule has 0 fully saturated rings. The molecule has 0 saturated heterocycles. The summed E-state index contributed by atoms with van der Waals surface area (Å²) in [6.07, 6.45) is 2.03. The maximum atomic E-state index is 13.3. The quantitative estimate of drug-likeness (QED) is 0.885. The molecular formula is C16H18FN3O. The molecule has 0 aliphatic heterocycles. The average molecular weight is 287 g/mol. The fourth-order valence-electron chi connectivity index (χ4n) is 1.94.